The second-order valence-corrected chi connectivity index (χ2v) is 9.26. The first kappa shape index (κ1) is 24.1. The van der Waals surface area contributed by atoms with Crippen LogP contribution in [0.2, 0.25) is 5.02 Å². The average molecular weight is 422 g/mol. The molecule has 1 amide bonds. The number of hydrogen-bond donors (Lipinski definition) is 3. The number of pyridine rings is 1. The first-order chi connectivity index (χ1) is 13.5. The third-order valence-electron chi connectivity index (χ3n) is 6.37. The maximum atomic E-state index is 12.8. The van der Waals surface area contributed by atoms with Gasteiger partial charge in [0.05, 0.1) is 16.7 Å². The second kappa shape index (κ2) is 11.3. The van der Waals surface area contributed by atoms with Crippen LogP contribution in [0.4, 0.5) is 0 Å². The molecule has 3 rings (SSSR count). The highest BCUT2D eigenvalue weighted by molar-refractivity contribution is 6.33. The number of aromatic nitrogens is 1. The Labute approximate surface area is 181 Å². The van der Waals surface area contributed by atoms with Crippen LogP contribution < -0.4 is 10.6 Å². The Morgan fingerprint density at radius 3 is 2.79 bits per heavy atom. The van der Waals surface area contributed by atoms with Crippen LogP contribution in [0.5, 0.6) is 0 Å². The van der Waals surface area contributed by atoms with Crippen molar-refractivity contribution in [2.24, 2.45) is 11.3 Å². The maximum Gasteiger partial charge on any atom is 0.252 e. The van der Waals surface area contributed by atoms with E-state index in [1.807, 2.05) is 6.07 Å². The van der Waals surface area contributed by atoms with Crippen LogP contribution in [0, 0.1) is 18.8 Å². The van der Waals surface area contributed by atoms with Gasteiger partial charge in [0.2, 0.25) is 0 Å². The quantitative estimate of drug-likeness (QED) is 0.526. The molecule has 1 atom stereocenters. The molecule has 1 heterocycles. The minimum Gasteiger partial charge on any atom is -0.392 e. The number of carbonyl (C=O) groups excluding carboxylic acids is 1. The summed E-state index contributed by atoms with van der Waals surface area (Å²) >= 11 is 6.27. The molecule has 0 aliphatic heterocycles. The number of amides is 1. The summed E-state index contributed by atoms with van der Waals surface area (Å²) in [6.07, 6.45) is 12.0. The molecule has 0 aromatic carbocycles. The van der Waals surface area contributed by atoms with Gasteiger partial charge in [0.1, 0.15) is 0 Å². The molecule has 0 unspecified atom stereocenters. The fourth-order valence-electron chi connectivity index (χ4n) is 4.93. The molecule has 2 saturated carbocycles. The van der Waals surface area contributed by atoms with Crippen LogP contribution in [-0.2, 0) is 6.42 Å². The summed E-state index contributed by atoms with van der Waals surface area (Å²) in [7, 11) is 0. The zero-order valence-corrected chi connectivity index (χ0v) is 18.4. The Kier molecular flexibility index (Phi) is 9.38. The molecule has 1 aromatic heterocycles. The van der Waals surface area contributed by atoms with Gasteiger partial charge in [-0.05, 0) is 63.0 Å². The largest absolute Gasteiger partial charge is 0.392 e. The summed E-state index contributed by atoms with van der Waals surface area (Å²) in [5, 5.41) is 16.1. The number of carbonyl (C=O) groups is 1. The zero-order chi connectivity index (χ0) is 20.0. The topological polar surface area (TPSA) is 74.2 Å². The number of rotatable bonds is 9. The molecule has 2 radical (unpaired) electrons. The van der Waals surface area contributed by atoms with E-state index in [2.05, 4.69) is 15.6 Å². The standard InChI is InChI=1S/C22H34ClN3O2.CH2/c1-16(27)13-24-10-4-7-18-11-19(20(23)14-25-18)21(28)26-15-22-8-2-5-17(12-22)6-3-9-22;/h11,14,16-17,24,27H,2-10,12-13,15H2,1H3,(H,26,28);1H2/t16-,17?,22?;/m0./s1. The van der Waals surface area contributed by atoms with E-state index in [-0.39, 0.29) is 19.4 Å². The number of aryl methyl sites for hydroxylation is 1. The number of aliphatic hydroxyl groups is 1. The number of hydrogen-bond acceptors (Lipinski definition) is 4. The molecule has 1 aromatic rings. The lowest BCUT2D eigenvalue weighted by Gasteiger charge is -2.45. The van der Waals surface area contributed by atoms with E-state index in [9.17, 15) is 9.90 Å². The van der Waals surface area contributed by atoms with E-state index in [0.29, 0.717) is 22.5 Å². The van der Waals surface area contributed by atoms with Crippen molar-refractivity contribution in [3.8, 4) is 0 Å². The average Bonchev–Trinajstić information content (AvgIpc) is 2.67. The number of nitrogens with zero attached hydrogens (tertiary/aromatic N) is 1. The second-order valence-electron chi connectivity index (χ2n) is 8.85. The maximum absolute atomic E-state index is 12.8. The van der Waals surface area contributed by atoms with Crippen molar-refractivity contribution in [3.05, 3.63) is 36.0 Å². The molecule has 3 N–H and O–H groups in total. The van der Waals surface area contributed by atoms with Crippen molar-refractivity contribution in [1.29, 1.82) is 0 Å². The molecule has 29 heavy (non-hydrogen) atoms. The molecule has 2 aliphatic carbocycles. The normalized spacial score (nSPS) is 24.4. The molecule has 0 saturated heterocycles. The highest BCUT2D eigenvalue weighted by atomic mass is 35.5. The lowest BCUT2D eigenvalue weighted by atomic mass is 9.62. The van der Waals surface area contributed by atoms with Crippen LogP contribution >= 0.6 is 11.6 Å². The minimum absolute atomic E-state index is 0. The smallest absolute Gasteiger partial charge is 0.252 e. The van der Waals surface area contributed by atoms with Gasteiger partial charge in [0.15, 0.2) is 0 Å². The van der Waals surface area contributed by atoms with Gasteiger partial charge >= 0.3 is 0 Å². The van der Waals surface area contributed by atoms with Gasteiger partial charge in [-0.3, -0.25) is 9.78 Å². The van der Waals surface area contributed by atoms with Gasteiger partial charge in [0.25, 0.3) is 5.91 Å². The van der Waals surface area contributed by atoms with Crippen molar-refractivity contribution in [1.82, 2.24) is 15.6 Å². The SMILES string of the molecule is C[C@H](O)CNCCCc1cc(C(=O)NCC23CCCC(CCC2)C3)c(Cl)cn1.[CH2]. The Morgan fingerprint density at radius 2 is 2.10 bits per heavy atom. The highest BCUT2D eigenvalue weighted by Gasteiger charge is 2.39. The number of halogens is 1. The summed E-state index contributed by atoms with van der Waals surface area (Å²) in [6, 6.07) is 1.83. The minimum atomic E-state index is -0.341. The molecule has 2 aliphatic rings. The van der Waals surface area contributed by atoms with Gasteiger partial charge in [-0.2, -0.15) is 0 Å². The van der Waals surface area contributed by atoms with Crippen molar-refractivity contribution in [3.63, 3.8) is 0 Å². The summed E-state index contributed by atoms with van der Waals surface area (Å²) in [5.41, 5.74) is 1.71. The fraction of sp³-hybridized carbons (Fsp3) is 0.696. The van der Waals surface area contributed by atoms with Gasteiger partial charge < -0.3 is 15.7 Å². The lowest BCUT2D eigenvalue weighted by molar-refractivity contribution is 0.0681. The molecular weight excluding hydrogens is 386 g/mol. The molecular formula is C23H36ClN3O2. The predicted octanol–water partition coefficient (Wildman–Crippen LogP) is 4.06. The van der Waals surface area contributed by atoms with E-state index in [1.165, 1.54) is 44.9 Å². The van der Waals surface area contributed by atoms with Crippen molar-refractivity contribution in [2.45, 2.75) is 70.8 Å². The molecule has 2 fully saturated rings. The monoisotopic (exact) mass is 421 g/mol. The van der Waals surface area contributed by atoms with Crippen LogP contribution in [0.25, 0.3) is 0 Å². The Balaban J connectivity index is 0.00000300. The van der Waals surface area contributed by atoms with E-state index in [1.54, 1.807) is 13.1 Å². The summed E-state index contributed by atoms with van der Waals surface area (Å²) < 4.78 is 0. The van der Waals surface area contributed by atoms with Gasteiger partial charge in [-0.1, -0.05) is 44.7 Å². The Bertz CT molecular complexity index is 656. The third-order valence-corrected chi connectivity index (χ3v) is 6.67. The lowest BCUT2D eigenvalue weighted by Crippen LogP contribution is -2.43. The molecule has 2 bridgehead atoms. The van der Waals surface area contributed by atoms with E-state index in [4.69, 9.17) is 11.6 Å². The Hall–Kier alpha value is -1.17. The molecule has 162 valence electrons. The first-order valence-corrected chi connectivity index (χ1v) is 11.2. The summed E-state index contributed by atoms with van der Waals surface area (Å²) in [5.74, 6) is 0.779. The van der Waals surface area contributed by atoms with Gasteiger partial charge in [0, 0.05) is 25.0 Å². The van der Waals surface area contributed by atoms with Crippen molar-refractivity contribution >= 4 is 17.5 Å². The first-order valence-electron chi connectivity index (χ1n) is 10.8. The fourth-order valence-corrected chi connectivity index (χ4v) is 5.12. The van der Waals surface area contributed by atoms with Crippen LogP contribution in [0.15, 0.2) is 12.3 Å². The van der Waals surface area contributed by atoms with Crippen LogP contribution in [0.3, 0.4) is 0 Å². The van der Waals surface area contributed by atoms with E-state index >= 15 is 0 Å². The number of fused-ring (bicyclic) bond motifs is 2. The van der Waals surface area contributed by atoms with Gasteiger partial charge in [-0.25, -0.2) is 0 Å². The molecule has 6 heteroatoms. The zero-order valence-electron chi connectivity index (χ0n) is 17.7. The van der Waals surface area contributed by atoms with Crippen LogP contribution in [0.1, 0.15) is 74.3 Å². The molecule has 0 spiro atoms. The molecule has 5 nitrogen and oxygen atoms in total. The highest BCUT2D eigenvalue weighted by Crippen LogP contribution is 2.48. The van der Waals surface area contributed by atoms with E-state index < -0.39 is 0 Å². The summed E-state index contributed by atoms with van der Waals surface area (Å²) in [6.45, 7) is 3.92. The summed E-state index contributed by atoms with van der Waals surface area (Å²) in [4.78, 5) is 17.2. The van der Waals surface area contributed by atoms with Crippen molar-refractivity contribution in [2.75, 3.05) is 19.6 Å². The number of aliphatic hydroxyl groups excluding tert-OH is 1. The van der Waals surface area contributed by atoms with Gasteiger partial charge in [-0.15, -0.1) is 0 Å². The van der Waals surface area contributed by atoms with Crippen LogP contribution in [-0.4, -0.2) is 41.7 Å². The predicted molar refractivity (Wildman–Crippen MR) is 118 cm³/mol. The van der Waals surface area contributed by atoms with Crippen molar-refractivity contribution < 1.29 is 9.90 Å². The third kappa shape index (κ3) is 6.94. The Morgan fingerprint density at radius 1 is 1.38 bits per heavy atom. The van der Waals surface area contributed by atoms with E-state index in [0.717, 1.165) is 37.5 Å². The number of nitrogens with one attached hydrogen (secondary N) is 2.